The average Bonchev–Trinajstić information content (AvgIpc) is 3.55. The van der Waals surface area contributed by atoms with Crippen LogP contribution in [0.1, 0.15) is 62.0 Å². The molecule has 3 aromatic carbocycles. The molecular weight excluding hydrogens is 558 g/mol. The number of amides is 1. The summed E-state index contributed by atoms with van der Waals surface area (Å²) in [5.41, 5.74) is 3.56. The number of carbonyl (C=O) groups excluding carboxylic acids is 4. The Kier molecular flexibility index (Phi) is 10.7. The van der Waals surface area contributed by atoms with Crippen molar-refractivity contribution in [2.45, 2.75) is 38.9 Å². The van der Waals surface area contributed by atoms with Crippen LogP contribution in [-0.2, 0) is 27.4 Å². The predicted octanol–water partition coefficient (Wildman–Crippen LogP) is 4.88. The number of benzene rings is 3. The van der Waals surface area contributed by atoms with Crippen LogP contribution in [0.5, 0.6) is 0 Å². The minimum atomic E-state index is -1.25. The number of rotatable bonds is 12. The molecule has 1 saturated heterocycles. The molecule has 0 saturated carbocycles. The Bertz CT molecular complexity index is 1420. The Morgan fingerprint density at radius 3 is 2.17 bits per heavy atom. The number of anilines is 1. The number of nitrogens with zero attached hydrogens (tertiary/aromatic N) is 1. The summed E-state index contributed by atoms with van der Waals surface area (Å²) in [5.74, 6) is -1.60. The van der Waals surface area contributed by atoms with E-state index in [9.17, 15) is 19.2 Å². The van der Waals surface area contributed by atoms with Crippen molar-refractivity contribution in [2.75, 3.05) is 32.1 Å². The number of hydrogen-bond acceptors (Lipinski definition) is 8. The first-order chi connectivity index (χ1) is 20.3. The van der Waals surface area contributed by atoms with Crippen LogP contribution in [0.3, 0.4) is 0 Å². The van der Waals surface area contributed by atoms with Crippen molar-refractivity contribution in [2.24, 2.45) is 0 Å². The van der Waals surface area contributed by atoms with Crippen molar-refractivity contribution in [1.82, 2.24) is 10.2 Å². The molecule has 0 aliphatic carbocycles. The van der Waals surface area contributed by atoms with Gasteiger partial charge in [0.15, 0.2) is 11.8 Å². The average molecular weight is 592 g/mol. The molecule has 1 amide bonds. The summed E-state index contributed by atoms with van der Waals surface area (Å²) in [4.78, 5) is 52.8. The number of likely N-dealkylation sites (tertiary alicyclic amines) is 1. The molecule has 1 fully saturated rings. The van der Waals surface area contributed by atoms with E-state index < -0.39 is 23.8 Å². The fourth-order valence-electron chi connectivity index (χ4n) is 4.71. The van der Waals surface area contributed by atoms with Gasteiger partial charge in [0.05, 0.1) is 19.3 Å². The van der Waals surface area contributed by atoms with Crippen LogP contribution in [0, 0.1) is 0 Å². The molecule has 3 aromatic rings. The molecule has 0 aromatic heterocycles. The fourth-order valence-corrected chi connectivity index (χ4v) is 4.83. The van der Waals surface area contributed by atoms with Gasteiger partial charge in [0.1, 0.15) is 0 Å². The van der Waals surface area contributed by atoms with E-state index in [2.05, 4.69) is 10.6 Å². The van der Waals surface area contributed by atoms with Crippen LogP contribution in [0.4, 0.5) is 5.69 Å². The summed E-state index contributed by atoms with van der Waals surface area (Å²) in [7, 11) is 1.31. The molecule has 1 unspecified atom stereocenters. The SMILES string of the molecule is CCOC(=O)C(NCc1ccc(C(=O)OC)cc1NCc1ccc(C(=O)N2CCCC2)cc1)C(=O)c1ccc(Cl)cc1. The number of nitrogens with one attached hydrogen (secondary N) is 2. The third-order valence-corrected chi connectivity index (χ3v) is 7.27. The molecule has 1 aliphatic heterocycles. The molecule has 1 atom stereocenters. The highest BCUT2D eigenvalue weighted by atomic mass is 35.5. The second-order valence-corrected chi connectivity index (χ2v) is 10.3. The second-order valence-electron chi connectivity index (χ2n) is 9.85. The zero-order chi connectivity index (χ0) is 30.1. The zero-order valence-electron chi connectivity index (χ0n) is 23.7. The van der Waals surface area contributed by atoms with Gasteiger partial charge in [-0.25, -0.2) is 9.59 Å². The van der Waals surface area contributed by atoms with Crippen molar-refractivity contribution < 1.29 is 28.7 Å². The van der Waals surface area contributed by atoms with Crippen LogP contribution >= 0.6 is 11.6 Å². The van der Waals surface area contributed by atoms with E-state index in [1.54, 1.807) is 49.4 Å². The van der Waals surface area contributed by atoms with Crippen LogP contribution in [0.2, 0.25) is 5.02 Å². The lowest BCUT2D eigenvalue weighted by Gasteiger charge is -2.19. The quantitative estimate of drug-likeness (QED) is 0.174. The number of carbonyl (C=O) groups is 4. The molecule has 2 N–H and O–H groups in total. The minimum absolute atomic E-state index is 0.0375. The summed E-state index contributed by atoms with van der Waals surface area (Å²) >= 11 is 5.96. The van der Waals surface area contributed by atoms with Crippen molar-refractivity contribution in [3.63, 3.8) is 0 Å². The standard InChI is InChI=1S/C32H34ClN3O6/c1-3-42-32(40)28(29(37)22-12-14-26(33)15-13-22)35-20-25-11-10-24(31(39)41-2)18-27(25)34-19-21-6-8-23(9-7-21)30(38)36-16-4-5-17-36/h6-15,18,28,34-35H,3-5,16-17,19-20H2,1-2H3. The van der Waals surface area contributed by atoms with Crippen molar-refractivity contribution >= 4 is 40.9 Å². The fraction of sp³-hybridized carbons (Fsp3) is 0.312. The smallest absolute Gasteiger partial charge is 0.337 e. The Hall–Kier alpha value is -4.21. The molecule has 0 bridgehead atoms. The van der Waals surface area contributed by atoms with Gasteiger partial charge in [-0.3, -0.25) is 14.9 Å². The summed E-state index contributed by atoms with van der Waals surface area (Å²) in [6.07, 6.45) is 2.07. The lowest BCUT2D eigenvalue weighted by Crippen LogP contribution is -2.44. The van der Waals surface area contributed by atoms with Gasteiger partial charge in [-0.15, -0.1) is 0 Å². The van der Waals surface area contributed by atoms with Crippen molar-refractivity contribution in [3.05, 3.63) is 99.6 Å². The Labute approximate surface area is 250 Å². The molecule has 9 nitrogen and oxygen atoms in total. The van der Waals surface area contributed by atoms with E-state index in [1.165, 1.54) is 7.11 Å². The van der Waals surface area contributed by atoms with Crippen LogP contribution in [0.15, 0.2) is 66.7 Å². The zero-order valence-corrected chi connectivity index (χ0v) is 24.4. The third-order valence-electron chi connectivity index (χ3n) is 7.02. The Morgan fingerprint density at radius 1 is 0.881 bits per heavy atom. The highest BCUT2D eigenvalue weighted by Crippen LogP contribution is 2.21. The number of Topliss-reactive ketones (excluding diaryl/α,β-unsaturated/α-hetero) is 1. The van der Waals surface area contributed by atoms with E-state index in [0.29, 0.717) is 39.5 Å². The van der Waals surface area contributed by atoms with Crippen molar-refractivity contribution in [1.29, 1.82) is 0 Å². The number of hydrogen-bond donors (Lipinski definition) is 2. The molecule has 0 spiro atoms. The van der Waals surface area contributed by atoms with Crippen LogP contribution in [0.25, 0.3) is 0 Å². The molecule has 4 rings (SSSR count). The van der Waals surface area contributed by atoms with E-state index in [0.717, 1.165) is 31.5 Å². The van der Waals surface area contributed by atoms with E-state index >= 15 is 0 Å². The maximum Gasteiger partial charge on any atom is 0.337 e. The van der Waals surface area contributed by atoms with Gasteiger partial charge in [-0.2, -0.15) is 0 Å². The number of ether oxygens (including phenoxy) is 2. The molecule has 1 heterocycles. The number of halogens is 1. The van der Waals surface area contributed by atoms with Gasteiger partial charge in [-0.1, -0.05) is 29.8 Å². The largest absolute Gasteiger partial charge is 0.465 e. The van der Waals surface area contributed by atoms with Gasteiger partial charge >= 0.3 is 11.9 Å². The number of methoxy groups -OCH3 is 1. The van der Waals surface area contributed by atoms with E-state index in [1.807, 2.05) is 29.2 Å². The maximum atomic E-state index is 13.2. The van der Waals surface area contributed by atoms with E-state index in [4.69, 9.17) is 21.1 Å². The highest BCUT2D eigenvalue weighted by Gasteiger charge is 2.29. The summed E-state index contributed by atoms with van der Waals surface area (Å²) < 4.78 is 10.0. The van der Waals surface area contributed by atoms with Crippen LogP contribution < -0.4 is 10.6 Å². The molecule has 10 heteroatoms. The first-order valence-corrected chi connectivity index (χ1v) is 14.2. The molecular formula is C32H34ClN3O6. The summed E-state index contributed by atoms with van der Waals surface area (Å²) in [5, 5.41) is 6.84. The lowest BCUT2D eigenvalue weighted by molar-refractivity contribution is -0.144. The molecule has 1 aliphatic rings. The molecule has 42 heavy (non-hydrogen) atoms. The van der Waals surface area contributed by atoms with Gasteiger partial charge in [0, 0.05) is 48.0 Å². The van der Waals surface area contributed by atoms with Gasteiger partial charge in [-0.05, 0) is 79.4 Å². The monoisotopic (exact) mass is 591 g/mol. The Balaban J connectivity index is 1.51. The Morgan fingerprint density at radius 2 is 1.52 bits per heavy atom. The van der Waals surface area contributed by atoms with Crippen LogP contribution in [-0.4, -0.2) is 61.4 Å². The normalized spacial score (nSPS) is 13.4. The van der Waals surface area contributed by atoms with Crippen molar-refractivity contribution in [3.8, 4) is 0 Å². The molecule has 0 radical (unpaired) electrons. The predicted molar refractivity (Wildman–Crippen MR) is 160 cm³/mol. The maximum absolute atomic E-state index is 13.2. The topological polar surface area (TPSA) is 114 Å². The van der Waals surface area contributed by atoms with Gasteiger partial charge < -0.3 is 19.7 Å². The van der Waals surface area contributed by atoms with Gasteiger partial charge in [0.2, 0.25) is 0 Å². The number of esters is 2. The summed E-state index contributed by atoms with van der Waals surface area (Å²) in [6, 6.07) is 17.4. The summed E-state index contributed by atoms with van der Waals surface area (Å²) in [6.45, 7) is 3.89. The first-order valence-electron chi connectivity index (χ1n) is 13.8. The van der Waals surface area contributed by atoms with Gasteiger partial charge in [0.25, 0.3) is 5.91 Å². The molecule has 220 valence electrons. The third kappa shape index (κ3) is 7.74. The minimum Gasteiger partial charge on any atom is -0.465 e. The highest BCUT2D eigenvalue weighted by molar-refractivity contribution is 6.30. The lowest BCUT2D eigenvalue weighted by atomic mass is 10.0. The van der Waals surface area contributed by atoms with E-state index in [-0.39, 0.29) is 19.1 Å². The number of ketones is 1. The first kappa shape index (κ1) is 30.7. The second kappa shape index (κ2) is 14.6.